The van der Waals surface area contributed by atoms with Crippen molar-refractivity contribution in [3.63, 3.8) is 0 Å². The summed E-state index contributed by atoms with van der Waals surface area (Å²) in [6, 6.07) is 0. The molecule has 1 unspecified atom stereocenters. The first-order valence-electron chi connectivity index (χ1n) is 7.98. The van der Waals surface area contributed by atoms with Crippen LogP contribution in [0.4, 0.5) is 0 Å². The maximum atomic E-state index is 2.45. The summed E-state index contributed by atoms with van der Waals surface area (Å²) < 4.78 is 0. The van der Waals surface area contributed by atoms with Crippen molar-refractivity contribution in [1.29, 1.82) is 0 Å². The van der Waals surface area contributed by atoms with Crippen LogP contribution in [-0.4, -0.2) is 0 Å². The van der Waals surface area contributed by atoms with Crippen molar-refractivity contribution in [2.45, 2.75) is 55.4 Å². The summed E-state index contributed by atoms with van der Waals surface area (Å²) in [6.07, 6.45) is 2.45. The van der Waals surface area contributed by atoms with Crippen LogP contribution >= 0.6 is 0 Å². The van der Waals surface area contributed by atoms with Crippen LogP contribution in [0, 0.1) is 33.6 Å². The molecular formula is C21H26. The molecule has 0 aromatic heterocycles. The van der Waals surface area contributed by atoms with E-state index in [1.165, 1.54) is 60.6 Å². The fourth-order valence-electron chi connectivity index (χ4n) is 3.98. The molecule has 2 aliphatic rings. The summed E-state index contributed by atoms with van der Waals surface area (Å²) in [5.74, 6) is 0.567. The van der Waals surface area contributed by atoms with Crippen molar-refractivity contribution in [2.24, 2.45) is 5.92 Å². The summed E-state index contributed by atoms with van der Waals surface area (Å²) >= 11 is 0. The summed E-state index contributed by atoms with van der Waals surface area (Å²) in [5.41, 5.74) is 13.3. The van der Waals surface area contributed by atoms with Crippen molar-refractivity contribution in [1.82, 2.24) is 0 Å². The zero-order chi connectivity index (χ0) is 15.6. The van der Waals surface area contributed by atoms with E-state index in [0.29, 0.717) is 5.92 Å². The predicted molar refractivity (Wildman–Crippen MR) is 92.8 cm³/mol. The molecule has 1 aromatic rings. The third-order valence-corrected chi connectivity index (χ3v) is 6.23. The van der Waals surface area contributed by atoms with E-state index in [0.717, 1.165) is 0 Å². The largest absolute Gasteiger partial charge is 0.0629 e. The number of fused-ring (bicyclic) bond motifs is 2. The van der Waals surface area contributed by atoms with Crippen LogP contribution in [0.1, 0.15) is 49.9 Å². The Morgan fingerprint density at radius 1 is 0.714 bits per heavy atom. The number of hydrogen-bond donors (Lipinski definition) is 0. The van der Waals surface area contributed by atoms with Crippen LogP contribution in [0.25, 0.3) is 11.6 Å². The molecule has 0 saturated heterocycles. The molecule has 21 heavy (non-hydrogen) atoms. The van der Waals surface area contributed by atoms with Gasteiger partial charge in [0.2, 0.25) is 0 Å². The smallest absolute Gasteiger partial charge is 0.00118 e. The lowest BCUT2D eigenvalue weighted by molar-refractivity contribution is 0.779. The Morgan fingerprint density at radius 2 is 1.29 bits per heavy atom. The normalized spacial score (nSPS) is 20.8. The van der Waals surface area contributed by atoms with Gasteiger partial charge < -0.3 is 0 Å². The zero-order valence-electron chi connectivity index (χ0n) is 14.7. The highest BCUT2D eigenvalue weighted by molar-refractivity contribution is 5.94. The second kappa shape index (κ2) is 4.47. The van der Waals surface area contributed by atoms with E-state index in [2.05, 4.69) is 61.5 Å². The third-order valence-electron chi connectivity index (χ3n) is 6.23. The van der Waals surface area contributed by atoms with Crippen LogP contribution in [-0.2, 0) is 0 Å². The number of allylic oxidation sites excluding steroid dienone is 4. The average molecular weight is 278 g/mol. The Bertz CT molecular complexity index is 855. The van der Waals surface area contributed by atoms with E-state index in [1.807, 2.05) is 0 Å². The van der Waals surface area contributed by atoms with Crippen molar-refractivity contribution in [3.05, 3.63) is 55.0 Å². The van der Waals surface area contributed by atoms with E-state index < -0.39 is 0 Å². The molecule has 110 valence electrons. The summed E-state index contributed by atoms with van der Waals surface area (Å²) in [7, 11) is 0. The summed E-state index contributed by atoms with van der Waals surface area (Å²) in [5, 5.41) is 2.95. The Hall–Kier alpha value is -1.56. The highest BCUT2D eigenvalue weighted by Gasteiger charge is 2.27. The van der Waals surface area contributed by atoms with Gasteiger partial charge in [-0.05, 0) is 110 Å². The minimum absolute atomic E-state index is 0.567. The number of benzene rings is 1. The Labute approximate surface area is 128 Å². The molecule has 0 bridgehead atoms. The standard InChI is InChI=1S/C21H26/c1-10-12(3)16(7)20-18(14(10)5)9-19-15(6)11(2)13(4)17(8)21(19)20/h9-10H,1-8H3. The van der Waals surface area contributed by atoms with Gasteiger partial charge in [0.15, 0.2) is 0 Å². The minimum Gasteiger partial charge on any atom is -0.0629 e. The molecule has 0 spiro atoms. The molecule has 0 heteroatoms. The van der Waals surface area contributed by atoms with Crippen LogP contribution in [0.5, 0.6) is 0 Å². The fourth-order valence-corrected chi connectivity index (χ4v) is 3.98. The lowest BCUT2D eigenvalue weighted by atomic mass is 9.78. The topological polar surface area (TPSA) is 0 Å². The molecule has 0 saturated carbocycles. The molecule has 1 aromatic carbocycles. The fraction of sp³-hybridized carbons (Fsp3) is 0.429. The van der Waals surface area contributed by atoms with E-state index in [-0.39, 0.29) is 0 Å². The van der Waals surface area contributed by atoms with Gasteiger partial charge >= 0.3 is 0 Å². The first-order valence-corrected chi connectivity index (χ1v) is 7.98. The second-order valence-electron chi connectivity index (χ2n) is 6.93. The quantitative estimate of drug-likeness (QED) is 0.668. The average Bonchev–Trinajstić information content (AvgIpc) is 2.87. The van der Waals surface area contributed by atoms with Gasteiger partial charge in [0.25, 0.3) is 0 Å². The van der Waals surface area contributed by atoms with E-state index in [1.54, 1.807) is 0 Å². The number of hydrogen-bond acceptors (Lipinski definition) is 0. The predicted octanol–water partition coefficient (Wildman–Crippen LogP) is 4.17. The molecule has 0 fully saturated rings. The zero-order valence-corrected chi connectivity index (χ0v) is 14.7. The summed E-state index contributed by atoms with van der Waals surface area (Å²) in [4.78, 5) is 0. The Morgan fingerprint density at radius 3 is 1.90 bits per heavy atom. The second-order valence-corrected chi connectivity index (χ2v) is 6.93. The molecule has 0 aliphatic heterocycles. The van der Waals surface area contributed by atoms with E-state index >= 15 is 0 Å². The molecule has 1 atom stereocenters. The maximum absolute atomic E-state index is 2.45. The van der Waals surface area contributed by atoms with Crippen LogP contribution in [0.15, 0.2) is 22.3 Å². The van der Waals surface area contributed by atoms with Gasteiger partial charge in [-0.2, -0.15) is 0 Å². The van der Waals surface area contributed by atoms with Crippen LogP contribution < -0.4 is 10.4 Å². The molecule has 2 aliphatic carbocycles. The Balaban J connectivity index is 2.61. The molecular weight excluding hydrogens is 252 g/mol. The number of rotatable bonds is 0. The van der Waals surface area contributed by atoms with Crippen LogP contribution in [0.3, 0.4) is 0 Å². The first kappa shape index (κ1) is 14.4. The van der Waals surface area contributed by atoms with E-state index in [9.17, 15) is 0 Å². The van der Waals surface area contributed by atoms with Crippen molar-refractivity contribution in [3.8, 4) is 0 Å². The summed E-state index contributed by atoms with van der Waals surface area (Å²) in [6.45, 7) is 18.4. The van der Waals surface area contributed by atoms with Crippen molar-refractivity contribution >= 4 is 11.6 Å². The highest BCUT2D eigenvalue weighted by atomic mass is 14.3. The van der Waals surface area contributed by atoms with Gasteiger partial charge in [-0.1, -0.05) is 18.1 Å². The van der Waals surface area contributed by atoms with Crippen molar-refractivity contribution < 1.29 is 0 Å². The molecule has 0 N–H and O–H groups in total. The van der Waals surface area contributed by atoms with Gasteiger partial charge in [0.05, 0.1) is 0 Å². The lowest BCUT2D eigenvalue weighted by Crippen LogP contribution is -2.31. The molecule has 0 nitrogen and oxygen atoms in total. The molecule has 0 radical (unpaired) electrons. The minimum atomic E-state index is 0.567. The molecule has 0 amide bonds. The maximum Gasteiger partial charge on any atom is -0.00118 e. The molecule has 0 heterocycles. The van der Waals surface area contributed by atoms with Gasteiger partial charge in [-0.3, -0.25) is 0 Å². The third kappa shape index (κ3) is 1.68. The van der Waals surface area contributed by atoms with Gasteiger partial charge in [0, 0.05) is 0 Å². The van der Waals surface area contributed by atoms with Crippen molar-refractivity contribution in [2.75, 3.05) is 0 Å². The lowest BCUT2D eigenvalue weighted by Gasteiger charge is -2.26. The monoisotopic (exact) mass is 278 g/mol. The van der Waals surface area contributed by atoms with Gasteiger partial charge in [-0.15, -0.1) is 0 Å². The van der Waals surface area contributed by atoms with E-state index in [4.69, 9.17) is 0 Å². The molecule has 3 rings (SSSR count). The van der Waals surface area contributed by atoms with Gasteiger partial charge in [0.1, 0.15) is 0 Å². The first-order chi connectivity index (χ1) is 9.77. The van der Waals surface area contributed by atoms with Gasteiger partial charge in [-0.25, -0.2) is 0 Å². The Kier molecular flexibility index (Phi) is 3.06. The highest BCUT2D eigenvalue weighted by Crippen LogP contribution is 2.40. The van der Waals surface area contributed by atoms with Crippen LogP contribution in [0.2, 0.25) is 0 Å². The SMILES string of the molecule is CC1=C(C)C(C)C(C)=C2C=c3c(C)c(C)c(C)c(C)c3=C12.